The normalized spacial score (nSPS) is 15.0. The topological polar surface area (TPSA) is 63.2 Å². The van der Waals surface area contributed by atoms with E-state index in [1.165, 1.54) is 0 Å². The summed E-state index contributed by atoms with van der Waals surface area (Å²) in [6.07, 6.45) is -10.0. The number of carbonyl (C=O) groups excluding carboxylic acids is 1. The molecule has 228 valence electrons. The third-order valence-corrected chi connectivity index (χ3v) is 8.31. The molecular weight excluding hydrogens is 660 g/mol. The third kappa shape index (κ3) is 9.97. The molecule has 0 saturated heterocycles. The fraction of sp³-hybridized carbons (Fsp3) is 0.375. The Labute approximate surface area is 243 Å². The molecule has 2 aromatic carbocycles. The highest BCUT2D eigenvalue weighted by molar-refractivity contribution is 7.91. The first-order valence-electron chi connectivity index (χ1n) is 11.1. The predicted molar refractivity (Wildman–Crippen MR) is 137 cm³/mol. The number of sulfone groups is 1. The van der Waals surface area contributed by atoms with E-state index in [0.29, 0.717) is 25.1 Å². The molecule has 2 aromatic rings. The van der Waals surface area contributed by atoms with E-state index >= 15 is 4.39 Å². The van der Waals surface area contributed by atoms with Gasteiger partial charge in [-0.3, -0.25) is 4.79 Å². The summed E-state index contributed by atoms with van der Waals surface area (Å²) in [6.45, 7) is 1.37. The SMILES string of the molecule is CC(CS(=O)(=O)CC(F)(F)F)NC(=O)c1ccc(/C(F)=C/C(c2cc(Cl)c(Cl)c(Cl)c2)C(C)(F)F)cc1C(F)(F)F. The second-order valence-corrected chi connectivity index (χ2v) is 12.4. The summed E-state index contributed by atoms with van der Waals surface area (Å²) in [4.78, 5) is 12.5. The first-order chi connectivity index (χ1) is 18.4. The third-order valence-electron chi connectivity index (χ3n) is 5.33. The Bertz CT molecular complexity index is 1410. The first kappa shape index (κ1) is 35.0. The molecule has 0 aliphatic rings. The summed E-state index contributed by atoms with van der Waals surface area (Å²) >= 11 is 17.5. The van der Waals surface area contributed by atoms with E-state index in [1.807, 2.05) is 5.32 Å². The average Bonchev–Trinajstić information content (AvgIpc) is 2.76. The van der Waals surface area contributed by atoms with Crippen molar-refractivity contribution in [2.75, 3.05) is 11.5 Å². The van der Waals surface area contributed by atoms with E-state index in [1.54, 1.807) is 0 Å². The monoisotopic (exact) mass is 677 g/mol. The van der Waals surface area contributed by atoms with Crippen LogP contribution in [0.25, 0.3) is 5.83 Å². The lowest BCUT2D eigenvalue weighted by Crippen LogP contribution is -2.40. The van der Waals surface area contributed by atoms with Gasteiger partial charge in [-0.15, -0.1) is 0 Å². The lowest BCUT2D eigenvalue weighted by molar-refractivity contribution is -0.138. The van der Waals surface area contributed by atoms with Gasteiger partial charge in [0.25, 0.3) is 11.8 Å². The molecule has 17 heteroatoms. The molecule has 0 aliphatic carbocycles. The number of nitrogens with one attached hydrogen (secondary N) is 1. The van der Waals surface area contributed by atoms with Gasteiger partial charge in [0.1, 0.15) is 11.6 Å². The highest BCUT2D eigenvalue weighted by Crippen LogP contribution is 2.42. The molecule has 2 unspecified atom stereocenters. The van der Waals surface area contributed by atoms with Crippen molar-refractivity contribution in [3.05, 3.63) is 73.7 Å². The molecule has 0 heterocycles. The molecule has 1 N–H and O–H groups in total. The Morgan fingerprint density at radius 1 is 0.976 bits per heavy atom. The van der Waals surface area contributed by atoms with Crippen molar-refractivity contribution >= 4 is 56.4 Å². The van der Waals surface area contributed by atoms with Gasteiger partial charge in [0.15, 0.2) is 9.84 Å². The van der Waals surface area contributed by atoms with Gasteiger partial charge in [-0.25, -0.2) is 21.6 Å². The average molecular weight is 679 g/mol. The van der Waals surface area contributed by atoms with Gasteiger partial charge in [-0.1, -0.05) is 40.9 Å². The zero-order chi connectivity index (χ0) is 31.7. The van der Waals surface area contributed by atoms with Crippen molar-refractivity contribution in [1.29, 1.82) is 0 Å². The van der Waals surface area contributed by atoms with Crippen molar-refractivity contribution in [2.24, 2.45) is 0 Å². The number of hydrogen-bond donors (Lipinski definition) is 1. The molecule has 1 amide bonds. The first-order valence-corrected chi connectivity index (χ1v) is 14.1. The number of hydrogen-bond acceptors (Lipinski definition) is 3. The number of carbonyl (C=O) groups is 1. The molecule has 2 rings (SSSR count). The molecule has 0 fully saturated rings. The van der Waals surface area contributed by atoms with Crippen LogP contribution in [0.1, 0.15) is 46.8 Å². The number of rotatable bonds is 9. The second-order valence-electron chi connectivity index (χ2n) is 9.05. The molecule has 0 aromatic heterocycles. The minimum atomic E-state index is -5.29. The number of amides is 1. The van der Waals surface area contributed by atoms with E-state index in [-0.39, 0.29) is 26.7 Å². The van der Waals surface area contributed by atoms with Gasteiger partial charge < -0.3 is 5.32 Å². The standard InChI is InChI=1S/C24H19Cl3F9NO3S/c1-11(9-41(39,40)10-23(31,32)33)37-21(38)14-4-3-12(5-16(14)24(34,35)36)19(28)8-15(22(2,29)30)13-6-17(25)20(27)18(26)7-13/h3-8,11,15H,9-10H2,1-2H3,(H,37,38)/b19-8-. The second kappa shape index (κ2) is 12.6. The lowest BCUT2D eigenvalue weighted by Gasteiger charge is -2.22. The number of halogens is 12. The number of alkyl halides is 8. The van der Waals surface area contributed by atoms with Crippen LogP contribution in [0, 0.1) is 0 Å². The Hall–Kier alpha value is -2.16. The molecule has 0 radical (unpaired) electrons. The lowest BCUT2D eigenvalue weighted by atomic mass is 9.91. The van der Waals surface area contributed by atoms with Crippen molar-refractivity contribution in [3.8, 4) is 0 Å². The Balaban J connectivity index is 2.46. The molecule has 0 saturated carbocycles. The molecule has 0 aliphatic heterocycles. The maximum Gasteiger partial charge on any atom is 0.417 e. The van der Waals surface area contributed by atoms with Crippen LogP contribution in [0.4, 0.5) is 39.5 Å². The number of benzene rings is 2. The van der Waals surface area contributed by atoms with E-state index in [2.05, 4.69) is 0 Å². The van der Waals surface area contributed by atoms with Crippen molar-refractivity contribution in [3.63, 3.8) is 0 Å². The smallest absolute Gasteiger partial charge is 0.349 e. The maximum atomic E-state index is 15.1. The van der Waals surface area contributed by atoms with Gasteiger partial charge >= 0.3 is 12.4 Å². The van der Waals surface area contributed by atoms with Crippen LogP contribution in [0.2, 0.25) is 15.1 Å². The summed E-state index contributed by atoms with van der Waals surface area (Å²) in [5, 5.41) is 1.20. The van der Waals surface area contributed by atoms with Crippen LogP contribution < -0.4 is 5.32 Å². The largest absolute Gasteiger partial charge is 0.417 e. The van der Waals surface area contributed by atoms with Crippen LogP contribution >= 0.6 is 34.8 Å². The van der Waals surface area contributed by atoms with E-state index in [9.17, 15) is 48.3 Å². The van der Waals surface area contributed by atoms with Gasteiger partial charge in [-0.05, 0) is 42.8 Å². The molecule has 0 spiro atoms. The zero-order valence-electron chi connectivity index (χ0n) is 20.7. The van der Waals surface area contributed by atoms with Gasteiger partial charge in [-0.2, -0.15) is 26.3 Å². The Morgan fingerprint density at radius 3 is 1.98 bits per heavy atom. The summed E-state index contributed by atoms with van der Waals surface area (Å²) in [7, 11) is -4.78. The Morgan fingerprint density at radius 2 is 1.51 bits per heavy atom. The van der Waals surface area contributed by atoms with Crippen LogP contribution in [-0.2, 0) is 16.0 Å². The predicted octanol–water partition coefficient (Wildman–Crippen LogP) is 8.51. The van der Waals surface area contributed by atoms with E-state index in [4.69, 9.17) is 34.8 Å². The molecule has 2 atom stereocenters. The fourth-order valence-corrected chi connectivity index (χ4v) is 5.76. The fourth-order valence-electron chi connectivity index (χ4n) is 3.69. The molecule has 0 bridgehead atoms. The molecular formula is C24H19Cl3F9NO3S. The van der Waals surface area contributed by atoms with Crippen LogP contribution in [0.5, 0.6) is 0 Å². The minimum Gasteiger partial charge on any atom is -0.349 e. The highest BCUT2D eigenvalue weighted by Gasteiger charge is 2.39. The highest BCUT2D eigenvalue weighted by atomic mass is 35.5. The Kier molecular flexibility index (Phi) is 10.8. The van der Waals surface area contributed by atoms with E-state index < -0.39 is 80.0 Å². The summed E-state index contributed by atoms with van der Waals surface area (Å²) in [6, 6.07) is 1.76. The van der Waals surface area contributed by atoms with Crippen molar-refractivity contribution in [1.82, 2.24) is 5.32 Å². The maximum absolute atomic E-state index is 15.1. The van der Waals surface area contributed by atoms with Gasteiger partial charge in [0, 0.05) is 18.5 Å². The van der Waals surface area contributed by atoms with Crippen LogP contribution in [0.3, 0.4) is 0 Å². The van der Waals surface area contributed by atoms with Crippen LogP contribution in [0.15, 0.2) is 36.4 Å². The van der Waals surface area contributed by atoms with Crippen LogP contribution in [-0.4, -0.2) is 44.0 Å². The number of allylic oxidation sites excluding steroid dienone is 1. The molecule has 4 nitrogen and oxygen atoms in total. The van der Waals surface area contributed by atoms with Gasteiger partial charge in [0.05, 0.1) is 37.9 Å². The summed E-state index contributed by atoms with van der Waals surface area (Å²) < 4.78 is 146. The minimum absolute atomic E-state index is 0.165. The molecule has 41 heavy (non-hydrogen) atoms. The quantitative estimate of drug-likeness (QED) is 0.214. The van der Waals surface area contributed by atoms with Crippen molar-refractivity contribution < 1.29 is 52.7 Å². The van der Waals surface area contributed by atoms with Crippen molar-refractivity contribution in [2.45, 2.75) is 44.1 Å². The van der Waals surface area contributed by atoms with E-state index in [0.717, 1.165) is 19.1 Å². The summed E-state index contributed by atoms with van der Waals surface area (Å²) in [5.74, 6) is -12.3. The van der Waals surface area contributed by atoms with Gasteiger partial charge in [0.2, 0.25) is 0 Å². The summed E-state index contributed by atoms with van der Waals surface area (Å²) in [5.41, 5.74) is -4.01. The zero-order valence-corrected chi connectivity index (χ0v) is 23.8.